The summed E-state index contributed by atoms with van der Waals surface area (Å²) in [5.41, 5.74) is 1.34. The zero-order valence-electron chi connectivity index (χ0n) is 19.6. The topological polar surface area (TPSA) is 125 Å². The fourth-order valence-corrected chi connectivity index (χ4v) is 3.34. The van der Waals surface area contributed by atoms with E-state index in [0.717, 1.165) is 11.3 Å². The zero-order chi connectivity index (χ0) is 24.8. The molecule has 3 heterocycles. The van der Waals surface area contributed by atoms with E-state index in [-0.39, 0.29) is 29.7 Å². The fourth-order valence-electron chi connectivity index (χ4n) is 3.34. The van der Waals surface area contributed by atoms with Crippen LogP contribution in [0.1, 0.15) is 39.3 Å². The number of furan rings is 1. The standard InChI is InChI=1S/C24H26N6O5/c1-4-33-17-5-7-18(8-6-17)34-15-19-9-10-21(35-19)23(31)28-20-13-27-30(3)22(20)24(32)25-11-16-12-26-29(2)14-16/h5-10,12-14H,4,11,15H2,1-3H3,(H,25,32)(H,28,31). The van der Waals surface area contributed by atoms with Gasteiger partial charge < -0.3 is 24.5 Å². The van der Waals surface area contributed by atoms with E-state index in [0.29, 0.717) is 24.7 Å². The Morgan fingerprint density at radius 1 is 0.971 bits per heavy atom. The number of hydrogen-bond donors (Lipinski definition) is 2. The van der Waals surface area contributed by atoms with Gasteiger partial charge in [-0.1, -0.05) is 0 Å². The van der Waals surface area contributed by atoms with Crippen LogP contribution in [0.15, 0.2) is 59.4 Å². The summed E-state index contributed by atoms with van der Waals surface area (Å²) in [6, 6.07) is 10.4. The van der Waals surface area contributed by atoms with Crippen molar-refractivity contribution in [1.29, 1.82) is 0 Å². The minimum Gasteiger partial charge on any atom is -0.494 e. The Balaban J connectivity index is 1.35. The Kier molecular flexibility index (Phi) is 7.15. The van der Waals surface area contributed by atoms with Crippen molar-refractivity contribution in [1.82, 2.24) is 24.9 Å². The zero-order valence-corrected chi connectivity index (χ0v) is 19.6. The molecule has 3 aromatic heterocycles. The first-order valence-electron chi connectivity index (χ1n) is 11.0. The lowest BCUT2D eigenvalue weighted by molar-refractivity contribution is 0.0942. The summed E-state index contributed by atoms with van der Waals surface area (Å²) in [6.07, 6.45) is 4.89. The lowest BCUT2D eigenvalue weighted by Gasteiger charge is -2.08. The molecule has 0 unspecified atom stereocenters. The second kappa shape index (κ2) is 10.6. The molecule has 0 atom stereocenters. The van der Waals surface area contributed by atoms with E-state index in [1.807, 2.05) is 19.1 Å². The van der Waals surface area contributed by atoms with Gasteiger partial charge in [0.1, 0.15) is 29.6 Å². The summed E-state index contributed by atoms with van der Waals surface area (Å²) in [4.78, 5) is 25.5. The highest BCUT2D eigenvalue weighted by molar-refractivity contribution is 6.07. The van der Waals surface area contributed by atoms with Gasteiger partial charge in [-0.2, -0.15) is 10.2 Å². The van der Waals surface area contributed by atoms with Gasteiger partial charge in [0.25, 0.3) is 11.8 Å². The van der Waals surface area contributed by atoms with Crippen molar-refractivity contribution in [2.75, 3.05) is 11.9 Å². The Morgan fingerprint density at radius 2 is 1.71 bits per heavy atom. The highest BCUT2D eigenvalue weighted by atomic mass is 16.5. The molecule has 35 heavy (non-hydrogen) atoms. The van der Waals surface area contributed by atoms with Crippen molar-refractivity contribution in [3.8, 4) is 11.5 Å². The number of benzene rings is 1. The van der Waals surface area contributed by atoms with Gasteiger partial charge in [-0.05, 0) is 43.3 Å². The number of hydrogen-bond acceptors (Lipinski definition) is 7. The molecule has 0 saturated heterocycles. The molecule has 0 radical (unpaired) electrons. The molecule has 0 aliphatic carbocycles. The number of carbonyl (C=O) groups is 2. The smallest absolute Gasteiger partial charge is 0.291 e. The SMILES string of the molecule is CCOc1ccc(OCc2ccc(C(=O)Nc3cnn(C)c3C(=O)NCc3cnn(C)c3)o2)cc1. The Bertz CT molecular complexity index is 1300. The molecule has 1 aromatic carbocycles. The van der Waals surface area contributed by atoms with Crippen LogP contribution in [0.4, 0.5) is 5.69 Å². The largest absolute Gasteiger partial charge is 0.494 e. The molecule has 11 heteroatoms. The Morgan fingerprint density at radius 3 is 2.40 bits per heavy atom. The van der Waals surface area contributed by atoms with Crippen LogP contribution in [0.5, 0.6) is 11.5 Å². The molecule has 0 aliphatic rings. The highest BCUT2D eigenvalue weighted by Gasteiger charge is 2.21. The van der Waals surface area contributed by atoms with Crippen LogP contribution < -0.4 is 20.1 Å². The summed E-state index contributed by atoms with van der Waals surface area (Å²) in [5.74, 6) is 1.08. The van der Waals surface area contributed by atoms with Gasteiger partial charge in [-0.25, -0.2) is 0 Å². The third kappa shape index (κ3) is 5.88. The Labute approximate surface area is 201 Å². The normalized spacial score (nSPS) is 10.7. The minimum absolute atomic E-state index is 0.0841. The predicted molar refractivity (Wildman–Crippen MR) is 126 cm³/mol. The fraction of sp³-hybridized carbons (Fsp3) is 0.250. The molecule has 4 aromatic rings. The molecular weight excluding hydrogens is 452 g/mol. The van der Waals surface area contributed by atoms with Crippen LogP contribution in [-0.4, -0.2) is 38.0 Å². The summed E-state index contributed by atoms with van der Waals surface area (Å²) in [7, 11) is 3.42. The molecule has 0 saturated carbocycles. The summed E-state index contributed by atoms with van der Waals surface area (Å²) in [6.45, 7) is 2.95. The summed E-state index contributed by atoms with van der Waals surface area (Å²) < 4.78 is 19.8. The van der Waals surface area contributed by atoms with Crippen LogP contribution >= 0.6 is 0 Å². The molecule has 0 bridgehead atoms. The quantitative estimate of drug-likeness (QED) is 0.359. The van der Waals surface area contributed by atoms with Crippen LogP contribution in [0.2, 0.25) is 0 Å². The van der Waals surface area contributed by atoms with Crippen molar-refractivity contribution < 1.29 is 23.5 Å². The number of aromatic nitrogens is 4. The monoisotopic (exact) mass is 478 g/mol. The maximum Gasteiger partial charge on any atom is 0.291 e. The highest BCUT2D eigenvalue weighted by Crippen LogP contribution is 2.20. The van der Waals surface area contributed by atoms with Crippen molar-refractivity contribution in [3.63, 3.8) is 0 Å². The second-order valence-electron chi connectivity index (χ2n) is 7.65. The summed E-state index contributed by atoms with van der Waals surface area (Å²) in [5, 5.41) is 13.7. The van der Waals surface area contributed by atoms with Crippen LogP contribution in [0.25, 0.3) is 0 Å². The van der Waals surface area contributed by atoms with E-state index in [2.05, 4.69) is 20.8 Å². The van der Waals surface area contributed by atoms with E-state index in [4.69, 9.17) is 13.9 Å². The van der Waals surface area contributed by atoms with Gasteiger partial charge in [0.2, 0.25) is 0 Å². The van der Waals surface area contributed by atoms with Crippen LogP contribution in [0, 0.1) is 0 Å². The van der Waals surface area contributed by atoms with Crippen LogP contribution in [-0.2, 0) is 27.2 Å². The van der Waals surface area contributed by atoms with Crippen molar-refractivity contribution >= 4 is 17.5 Å². The molecule has 2 amide bonds. The van der Waals surface area contributed by atoms with Gasteiger partial charge >= 0.3 is 0 Å². The van der Waals surface area contributed by atoms with E-state index in [9.17, 15) is 9.59 Å². The predicted octanol–water partition coefficient (Wildman–Crippen LogP) is 2.91. The first-order valence-corrected chi connectivity index (χ1v) is 11.0. The molecule has 2 N–H and O–H groups in total. The number of ether oxygens (including phenoxy) is 2. The van der Waals surface area contributed by atoms with Gasteiger partial charge in [0.05, 0.1) is 24.7 Å². The van der Waals surface area contributed by atoms with Gasteiger partial charge in [-0.15, -0.1) is 0 Å². The molecular formula is C24H26N6O5. The molecule has 0 aliphatic heterocycles. The third-order valence-corrected chi connectivity index (χ3v) is 5.01. The van der Waals surface area contributed by atoms with Crippen LogP contribution in [0.3, 0.4) is 0 Å². The van der Waals surface area contributed by atoms with E-state index < -0.39 is 5.91 Å². The van der Waals surface area contributed by atoms with E-state index in [1.165, 1.54) is 10.9 Å². The first kappa shape index (κ1) is 23.6. The first-order chi connectivity index (χ1) is 16.9. The molecule has 0 spiro atoms. The summed E-state index contributed by atoms with van der Waals surface area (Å²) >= 11 is 0. The number of anilines is 1. The number of aryl methyl sites for hydroxylation is 2. The lowest BCUT2D eigenvalue weighted by Crippen LogP contribution is -2.26. The van der Waals surface area contributed by atoms with Gasteiger partial charge in [-0.3, -0.25) is 19.0 Å². The van der Waals surface area contributed by atoms with E-state index >= 15 is 0 Å². The van der Waals surface area contributed by atoms with E-state index in [1.54, 1.807) is 55.4 Å². The van der Waals surface area contributed by atoms with Crippen molar-refractivity contribution in [2.24, 2.45) is 14.1 Å². The maximum absolute atomic E-state index is 12.7. The maximum atomic E-state index is 12.7. The molecule has 182 valence electrons. The van der Waals surface area contributed by atoms with Crippen molar-refractivity contribution in [3.05, 3.63) is 77.8 Å². The number of amides is 2. The van der Waals surface area contributed by atoms with Gasteiger partial charge in [0.15, 0.2) is 5.76 Å². The second-order valence-corrected chi connectivity index (χ2v) is 7.65. The third-order valence-electron chi connectivity index (χ3n) is 5.01. The average molecular weight is 479 g/mol. The molecule has 4 rings (SSSR count). The lowest BCUT2D eigenvalue weighted by atomic mass is 10.3. The molecule has 11 nitrogen and oxygen atoms in total. The number of nitrogens with zero attached hydrogens (tertiary/aromatic N) is 4. The minimum atomic E-state index is -0.508. The molecule has 0 fully saturated rings. The number of carbonyl (C=O) groups excluding carboxylic acids is 2. The van der Waals surface area contributed by atoms with Gasteiger partial charge in [0, 0.05) is 32.4 Å². The Hall–Kier alpha value is -4.54. The van der Waals surface area contributed by atoms with Crippen molar-refractivity contribution in [2.45, 2.75) is 20.1 Å². The number of rotatable bonds is 10. The average Bonchev–Trinajstić information content (AvgIpc) is 3.58. The number of nitrogens with one attached hydrogen (secondary N) is 2.